The SMILES string of the molecule is Cn1cccc(NC(=O)CCc2ccc(Cl)s2)c1=O. The molecule has 0 fully saturated rings. The zero-order valence-corrected chi connectivity index (χ0v) is 11.9. The van der Waals surface area contributed by atoms with E-state index in [1.807, 2.05) is 12.1 Å². The van der Waals surface area contributed by atoms with Crippen molar-refractivity contribution in [3.05, 3.63) is 50.0 Å². The molecule has 2 aromatic heterocycles. The number of nitrogens with zero attached hydrogens (tertiary/aromatic N) is 1. The molecule has 2 heterocycles. The molecule has 0 aromatic carbocycles. The van der Waals surface area contributed by atoms with Crippen LogP contribution in [0.15, 0.2) is 35.3 Å². The van der Waals surface area contributed by atoms with E-state index in [1.54, 1.807) is 25.4 Å². The third-order valence-corrected chi connectivity index (χ3v) is 3.92. The third-order valence-electron chi connectivity index (χ3n) is 2.62. The van der Waals surface area contributed by atoms with E-state index in [2.05, 4.69) is 5.32 Å². The lowest BCUT2D eigenvalue weighted by Crippen LogP contribution is -2.23. The van der Waals surface area contributed by atoms with Crippen LogP contribution in [-0.4, -0.2) is 10.5 Å². The van der Waals surface area contributed by atoms with Crippen molar-refractivity contribution in [2.75, 3.05) is 5.32 Å². The molecular formula is C13H13ClN2O2S. The highest BCUT2D eigenvalue weighted by Gasteiger charge is 2.07. The van der Waals surface area contributed by atoms with Gasteiger partial charge in [0.05, 0.1) is 4.34 Å². The van der Waals surface area contributed by atoms with Crippen LogP contribution in [0.5, 0.6) is 0 Å². The summed E-state index contributed by atoms with van der Waals surface area (Å²) in [7, 11) is 1.64. The van der Waals surface area contributed by atoms with E-state index in [-0.39, 0.29) is 11.5 Å². The van der Waals surface area contributed by atoms with Crippen molar-refractivity contribution in [1.82, 2.24) is 4.57 Å². The van der Waals surface area contributed by atoms with Gasteiger partial charge in [0, 0.05) is 24.5 Å². The van der Waals surface area contributed by atoms with Gasteiger partial charge in [0.25, 0.3) is 5.56 Å². The lowest BCUT2D eigenvalue weighted by atomic mass is 10.2. The van der Waals surface area contributed by atoms with Crippen molar-refractivity contribution in [2.24, 2.45) is 7.05 Å². The molecule has 19 heavy (non-hydrogen) atoms. The van der Waals surface area contributed by atoms with Crippen LogP contribution in [0.25, 0.3) is 0 Å². The summed E-state index contributed by atoms with van der Waals surface area (Å²) in [5.74, 6) is -0.173. The molecule has 0 radical (unpaired) electrons. The van der Waals surface area contributed by atoms with Crippen LogP contribution in [-0.2, 0) is 18.3 Å². The Labute approximate surface area is 119 Å². The van der Waals surface area contributed by atoms with Crippen molar-refractivity contribution in [3.8, 4) is 0 Å². The van der Waals surface area contributed by atoms with Crippen molar-refractivity contribution >= 4 is 34.5 Å². The van der Waals surface area contributed by atoms with Gasteiger partial charge in [-0.3, -0.25) is 9.59 Å². The van der Waals surface area contributed by atoms with Gasteiger partial charge in [-0.2, -0.15) is 0 Å². The first kappa shape index (κ1) is 13.8. The number of pyridine rings is 1. The smallest absolute Gasteiger partial charge is 0.274 e. The number of hydrogen-bond donors (Lipinski definition) is 1. The Kier molecular flexibility index (Phi) is 4.39. The molecule has 1 amide bonds. The maximum Gasteiger partial charge on any atom is 0.274 e. The van der Waals surface area contributed by atoms with Crippen LogP contribution in [0.2, 0.25) is 4.34 Å². The Morgan fingerprint density at radius 1 is 1.42 bits per heavy atom. The summed E-state index contributed by atoms with van der Waals surface area (Å²) in [6.07, 6.45) is 2.59. The third kappa shape index (κ3) is 3.68. The number of aromatic nitrogens is 1. The van der Waals surface area contributed by atoms with Crippen LogP contribution >= 0.6 is 22.9 Å². The van der Waals surface area contributed by atoms with Crippen LogP contribution in [0.3, 0.4) is 0 Å². The molecule has 0 aliphatic carbocycles. The number of hydrogen-bond acceptors (Lipinski definition) is 3. The van der Waals surface area contributed by atoms with Gasteiger partial charge in [-0.1, -0.05) is 11.6 Å². The number of rotatable bonds is 4. The molecule has 6 heteroatoms. The van der Waals surface area contributed by atoms with Gasteiger partial charge in [0.15, 0.2) is 0 Å². The summed E-state index contributed by atoms with van der Waals surface area (Å²) in [6, 6.07) is 7.03. The second-order valence-electron chi connectivity index (χ2n) is 4.09. The Morgan fingerprint density at radius 2 is 2.21 bits per heavy atom. The van der Waals surface area contributed by atoms with E-state index in [9.17, 15) is 9.59 Å². The van der Waals surface area contributed by atoms with Gasteiger partial charge in [0.1, 0.15) is 5.69 Å². The lowest BCUT2D eigenvalue weighted by molar-refractivity contribution is -0.116. The molecule has 1 N–H and O–H groups in total. The Balaban J connectivity index is 1.94. The van der Waals surface area contributed by atoms with Crippen molar-refractivity contribution in [2.45, 2.75) is 12.8 Å². The highest BCUT2D eigenvalue weighted by atomic mass is 35.5. The van der Waals surface area contributed by atoms with Gasteiger partial charge < -0.3 is 9.88 Å². The minimum Gasteiger partial charge on any atom is -0.321 e. The Bertz CT molecular complexity index is 648. The number of aryl methyl sites for hydroxylation is 2. The monoisotopic (exact) mass is 296 g/mol. The molecule has 2 aromatic rings. The van der Waals surface area contributed by atoms with Crippen molar-refractivity contribution in [1.29, 1.82) is 0 Å². The lowest BCUT2D eigenvalue weighted by Gasteiger charge is -2.05. The number of thiophene rings is 1. The van der Waals surface area contributed by atoms with Gasteiger partial charge in [-0.05, 0) is 30.7 Å². The van der Waals surface area contributed by atoms with Crippen molar-refractivity contribution < 1.29 is 4.79 Å². The molecule has 4 nitrogen and oxygen atoms in total. The average molecular weight is 297 g/mol. The largest absolute Gasteiger partial charge is 0.321 e. The van der Waals surface area contributed by atoms with E-state index in [4.69, 9.17) is 11.6 Å². The van der Waals surface area contributed by atoms with Gasteiger partial charge in [-0.25, -0.2) is 0 Å². The van der Waals surface area contributed by atoms with Gasteiger partial charge in [-0.15, -0.1) is 11.3 Å². The van der Waals surface area contributed by atoms with Crippen LogP contribution in [0, 0.1) is 0 Å². The summed E-state index contributed by atoms with van der Waals surface area (Å²) in [6.45, 7) is 0. The summed E-state index contributed by atoms with van der Waals surface area (Å²) in [5, 5.41) is 2.63. The highest BCUT2D eigenvalue weighted by molar-refractivity contribution is 7.16. The molecule has 0 aliphatic rings. The maximum atomic E-state index is 11.8. The Morgan fingerprint density at radius 3 is 2.89 bits per heavy atom. The molecule has 0 saturated heterocycles. The first-order valence-electron chi connectivity index (χ1n) is 5.76. The average Bonchev–Trinajstić information content (AvgIpc) is 2.78. The van der Waals surface area contributed by atoms with E-state index >= 15 is 0 Å². The van der Waals surface area contributed by atoms with E-state index < -0.39 is 0 Å². The minimum atomic E-state index is -0.213. The normalized spacial score (nSPS) is 10.4. The number of carbonyl (C=O) groups is 1. The first-order valence-corrected chi connectivity index (χ1v) is 6.95. The number of anilines is 1. The molecule has 0 atom stereocenters. The van der Waals surface area contributed by atoms with E-state index in [0.29, 0.717) is 22.9 Å². The topological polar surface area (TPSA) is 51.1 Å². The molecular weight excluding hydrogens is 284 g/mol. The summed E-state index contributed by atoms with van der Waals surface area (Å²) in [5.41, 5.74) is 0.0919. The van der Waals surface area contributed by atoms with Gasteiger partial charge >= 0.3 is 0 Å². The predicted octanol–water partition coefficient (Wildman–Crippen LogP) is 2.67. The summed E-state index contributed by atoms with van der Waals surface area (Å²) in [4.78, 5) is 24.5. The number of nitrogens with one attached hydrogen (secondary N) is 1. The van der Waals surface area contributed by atoms with Gasteiger partial charge in [0.2, 0.25) is 5.91 Å². The molecule has 0 unspecified atom stereocenters. The second kappa shape index (κ2) is 6.04. The van der Waals surface area contributed by atoms with Crippen LogP contribution in [0.4, 0.5) is 5.69 Å². The molecule has 0 spiro atoms. The standard InChI is InChI=1S/C13H13ClN2O2S/c1-16-8-2-3-10(13(16)18)15-12(17)7-5-9-4-6-11(14)19-9/h2-4,6,8H,5,7H2,1H3,(H,15,17). The highest BCUT2D eigenvalue weighted by Crippen LogP contribution is 2.22. The zero-order chi connectivity index (χ0) is 13.8. The molecule has 0 saturated carbocycles. The fourth-order valence-electron chi connectivity index (χ4n) is 1.63. The van der Waals surface area contributed by atoms with E-state index in [0.717, 1.165) is 4.88 Å². The first-order chi connectivity index (χ1) is 9.06. The zero-order valence-electron chi connectivity index (χ0n) is 10.4. The number of carbonyl (C=O) groups excluding carboxylic acids is 1. The minimum absolute atomic E-state index is 0.173. The molecule has 0 aliphatic heterocycles. The second-order valence-corrected chi connectivity index (χ2v) is 5.89. The molecule has 100 valence electrons. The fourth-order valence-corrected chi connectivity index (χ4v) is 2.72. The predicted molar refractivity (Wildman–Crippen MR) is 78.0 cm³/mol. The number of amides is 1. The molecule has 0 bridgehead atoms. The fraction of sp³-hybridized carbons (Fsp3) is 0.231. The summed E-state index contributed by atoms with van der Waals surface area (Å²) < 4.78 is 2.14. The number of halogens is 1. The maximum absolute atomic E-state index is 11.8. The van der Waals surface area contributed by atoms with Crippen molar-refractivity contribution in [3.63, 3.8) is 0 Å². The van der Waals surface area contributed by atoms with E-state index in [1.165, 1.54) is 15.9 Å². The summed E-state index contributed by atoms with van der Waals surface area (Å²) >= 11 is 7.28. The quantitative estimate of drug-likeness (QED) is 0.943. The molecule has 2 rings (SSSR count). The Hall–Kier alpha value is -1.59. The van der Waals surface area contributed by atoms with Crippen LogP contribution in [0.1, 0.15) is 11.3 Å². The van der Waals surface area contributed by atoms with Crippen LogP contribution < -0.4 is 10.9 Å².